The molecule has 0 saturated carbocycles. The van der Waals surface area contributed by atoms with E-state index in [1.54, 1.807) is 7.05 Å². The Morgan fingerprint density at radius 2 is 1.96 bits per heavy atom. The van der Waals surface area contributed by atoms with Crippen LogP contribution in [0, 0.1) is 5.92 Å². The number of carbonyl (C=O) groups is 1. The number of nitrogens with one attached hydrogen (secondary N) is 2. The molecular formula is C20H33IN4O2. The first-order chi connectivity index (χ1) is 12.7. The van der Waals surface area contributed by atoms with E-state index in [1.165, 1.54) is 0 Å². The zero-order valence-electron chi connectivity index (χ0n) is 16.4. The molecule has 0 spiro atoms. The molecular weight excluding hydrogens is 455 g/mol. The van der Waals surface area contributed by atoms with Crippen LogP contribution >= 0.6 is 24.0 Å². The first kappa shape index (κ1) is 23.5. The topological polar surface area (TPSA) is 66.0 Å². The number of hydrogen-bond donors (Lipinski definition) is 2. The average Bonchev–Trinajstić information content (AvgIpc) is 2.68. The van der Waals surface area contributed by atoms with Crippen LogP contribution in [0.25, 0.3) is 0 Å². The van der Waals surface area contributed by atoms with Gasteiger partial charge in [0.05, 0.1) is 6.61 Å². The number of nitrogens with zero attached hydrogens (tertiary/aromatic N) is 2. The molecule has 1 aromatic carbocycles. The van der Waals surface area contributed by atoms with Crippen LogP contribution < -0.4 is 15.4 Å². The minimum atomic E-state index is 0. The molecule has 152 valence electrons. The molecule has 1 aliphatic heterocycles. The van der Waals surface area contributed by atoms with Crippen molar-refractivity contribution in [2.45, 2.75) is 32.6 Å². The van der Waals surface area contributed by atoms with Gasteiger partial charge >= 0.3 is 0 Å². The Kier molecular flexibility index (Phi) is 11.9. The van der Waals surface area contributed by atoms with Gasteiger partial charge in [0, 0.05) is 46.1 Å². The summed E-state index contributed by atoms with van der Waals surface area (Å²) >= 11 is 0. The van der Waals surface area contributed by atoms with Gasteiger partial charge in [-0.15, -0.1) is 24.0 Å². The molecule has 7 heteroatoms. The largest absolute Gasteiger partial charge is 0.494 e. The van der Waals surface area contributed by atoms with Crippen LogP contribution in [0.5, 0.6) is 5.75 Å². The summed E-state index contributed by atoms with van der Waals surface area (Å²) in [6.45, 7) is 6.26. The highest BCUT2D eigenvalue weighted by Crippen LogP contribution is 2.20. The molecule has 1 aromatic rings. The van der Waals surface area contributed by atoms with Gasteiger partial charge in [0.15, 0.2) is 5.96 Å². The highest BCUT2D eigenvalue weighted by molar-refractivity contribution is 14.0. The quantitative estimate of drug-likeness (QED) is 0.256. The fraction of sp³-hybridized carbons (Fsp3) is 0.600. The van der Waals surface area contributed by atoms with E-state index >= 15 is 0 Å². The second-order valence-electron chi connectivity index (χ2n) is 6.56. The number of amides is 1. The fourth-order valence-electron chi connectivity index (χ4n) is 3.10. The zero-order chi connectivity index (χ0) is 18.6. The van der Waals surface area contributed by atoms with Crippen molar-refractivity contribution in [3.05, 3.63) is 30.3 Å². The second-order valence-corrected chi connectivity index (χ2v) is 6.56. The summed E-state index contributed by atoms with van der Waals surface area (Å²) in [5, 5.41) is 6.10. The number of ether oxygens (including phenoxy) is 1. The summed E-state index contributed by atoms with van der Waals surface area (Å²) in [7, 11) is 1.70. The van der Waals surface area contributed by atoms with E-state index in [0.717, 1.165) is 57.2 Å². The number of aliphatic imine (C=N–C) groups is 1. The van der Waals surface area contributed by atoms with Crippen LogP contribution in [-0.2, 0) is 4.79 Å². The number of benzene rings is 1. The Morgan fingerprint density at radius 3 is 2.59 bits per heavy atom. The first-order valence-electron chi connectivity index (χ1n) is 9.64. The summed E-state index contributed by atoms with van der Waals surface area (Å²) in [5.74, 6) is 2.50. The number of piperidine rings is 1. The molecule has 1 heterocycles. The van der Waals surface area contributed by atoms with Gasteiger partial charge < -0.3 is 20.3 Å². The highest BCUT2D eigenvalue weighted by atomic mass is 127. The molecule has 0 bridgehead atoms. The molecule has 1 fully saturated rings. The number of likely N-dealkylation sites (tertiary alicyclic amines) is 1. The van der Waals surface area contributed by atoms with Crippen molar-refractivity contribution in [1.82, 2.24) is 15.5 Å². The molecule has 27 heavy (non-hydrogen) atoms. The third kappa shape index (κ3) is 8.81. The van der Waals surface area contributed by atoms with Crippen molar-refractivity contribution in [3.8, 4) is 5.75 Å². The predicted molar refractivity (Wildman–Crippen MR) is 121 cm³/mol. The van der Waals surface area contributed by atoms with Crippen LogP contribution in [0.2, 0.25) is 0 Å². The molecule has 6 nitrogen and oxygen atoms in total. The molecule has 2 N–H and O–H groups in total. The van der Waals surface area contributed by atoms with Gasteiger partial charge in [0.2, 0.25) is 5.91 Å². The lowest BCUT2D eigenvalue weighted by Gasteiger charge is -2.34. The summed E-state index contributed by atoms with van der Waals surface area (Å²) in [5.41, 5.74) is 0. The smallest absolute Gasteiger partial charge is 0.220 e. The van der Waals surface area contributed by atoms with Gasteiger partial charge in [0.25, 0.3) is 0 Å². The number of carbonyl (C=O) groups excluding carboxylic acids is 1. The van der Waals surface area contributed by atoms with Gasteiger partial charge in [-0.05, 0) is 37.8 Å². The molecule has 0 atom stereocenters. The second kappa shape index (κ2) is 13.6. The summed E-state index contributed by atoms with van der Waals surface area (Å²) in [6, 6.07) is 9.87. The standard InChI is InChI=1S/C20H32N4O2.HI/c1-3-22-20(23-12-7-15-26-18-8-5-4-6-9-18)24-13-10-17(11-14-24)16-19(25)21-2;/h4-6,8-9,17H,3,7,10-16H2,1-2H3,(H,21,25)(H,22,23);1H. The first-order valence-corrected chi connectivity index (χ1v) is 9.64. The van der Waals surface area contributed by atoms with E-state index in [2.05, 4.69) is 22.5 Å². The third-order valence-corrected chi connectivity index (χ3v) is 4.58. The van der Waals surface area contributed by atoms with Crippen LogP contribution in [0.1, 0.15) is 32.6 Å². The molecule has 1 amide bonds. The normalized spacial score (nSPS) is 15.0. The number of rotatable bonds is 8. The summed E-state index contributed by atoms with van der Waals surface area (Å²) < 4.78 is 5.71. The fourth-order valence-corrected chi connectivity index (χ4v) is 3.10. The van der Waals surface area contributed by atoms with Crippen LogP contribution in [0.4, 0.5) is 0 Å². The molecule has 0 aromatic heterocycles. The van der Waals surface area contributed by atoms with Gasteiger partial charge in [-0.1, -0.05) is 18.2 Å². The van der Waals surface area contributed by atoms with Crippen molar-refractivity contribution in [2.75, 3.05) is 39.8 Å². The number of para-hydroxylation sites is 1. The maximum absolute atomic E-state index is 11.5. The highest BCUT2D eigenvalue weighted by Gasteiger charge is 2.22. The van der Waals surface area contributed by atoms with Crippen molar-refractivity contribution >= 4 is 35.8 Å². The Labute approximate surface area is 180 Å². The van der Waals surface area contributed by atoms with E-state index in [1.807, 2.05) is 30.3 Å². The van der Waals surface area contributed by atoms with E-state index in [-0.39, 0.29) is 29.9 Å². The van der Waals surface area contributed by atoms with Gasteiger partial charge in [-0.3, -0.25) is 9.79 Å². The van der Waals surface area contributed by atoms with E-state index in [0.29, 0.717) is 18.9 Å². The monoisotopic (exact) mass is 488 g/mol. The van der Waals surface area contributed by atoms with Crippen molar-refractivity contribution in [3.63, 3.8) is 0 Å². The maximum Gasteiger partial charge on any atom is 0.220 e. The van der Waals surface area contributed by atoms with Crippen molar-refractivity contribution in [1.29, 1.82) is 0 Å². The number of halogens is 1. The van der Waals surface area contributed by atoms with Crippen LogP contribution in [0.3, 0.4) is 0 Å². The lowest BCUT2D eigenvalue weighted by molar-refractivity contribution is -0.121. The van der Waals surface area contributed by atoms with Crippen molar-refractivity contribution in [2.24, 2.45) is 10.9 Å². The minimum Gasteiger partial charge on any atom is -0.494 e. The van der Waals surface area contributed by atoms with Gasteiger partial charge in [0.1, 0.15) is 5.75 Å². The molecule has 2 rings (SSSR count). The van der Waals surface area contributed by atoms with Crippen LogP contribution in [-0.4, -0.2) is 56.6 Å². The lowest BCUT2D eigenvalue weighted by atomic mass is 9.93. The average molecular weight is 488 g/mol. The van der Waals surface area contributed by atoms with Gasteiger partial charge in [-0.25, -0.2) is 0 Å². The zero-order valence-corrected chi connectivity index (χ0v) is 18.8. The van der Waals surface area contributed by atoms with E-state index < -0.39 is 0 Å². The Bertz CT molecular complexity index is 560. The number of hydrogen-bond acceptors (Lipinski definition) is 3. The minimum absolute atomic E-state index is 0. The SMILES string of the molecule is CCNC(=NCCCOc1ccccc1)N1CCC(CC(=O)NC)CC1.I. The Hall–Kier alpha value is -1.51. The summed E-state index contributed by atoms with van der Waals surface area (Å²) in [4.78, 5) is 18.6. The third-order valence-electron chi connectivity index (χ3n) is 4.58. The molecule has 0 aliphatic carbocycles. The van der Waals surface area contributed by atoms with Gasteiger partial charge in [-0.2, -0.15) is 0 Å². The molecule has 0 radical (unpaired) electrons. The lowest BCUT2D eigenvalue weighted by Crippen LogP contribution is -2.46. The Balaban J connectivity index is 0.00000364. The predicted octanol–water partition coefficient (Wildman–Crippen LogP) is 2.89. The van der Waals surface area contributed by atoms with E-state index in [9.17, 15) is 4.79 Å². The summed E-state index contributed by atoms with van der Waals surface area (Å²) in [6.07, 6.45) is 3.59. The molecule has 1 saturated heterocycles. The Morgan fingerprint density at radius 1 is 1.26 bits per heavy atom. The van der Waals surface area contributed by atoms with Crippen LogP contribution in [0.15, 0.2) is 35.3 Å². The molecule has 1 aliphatic rings. The molecule has 0 unspecified atom stereocenters. The van der Waals surface area contributed by atoms with Crippen molar-refractivity contribution < 1.29 is 9.53 Å². The van der Waals surface area contributed by atoms with E-state index in [4.69, 9.17) is 9.73 Å². The number of guanidine groups is 1. The maximum atomic E-state index is 11.5.